The Morgan fingerprint density at radius 1 is 1.33 bits per heavy atom. The minimum absolute atomic E-state index is 0.0237. The summed E-state index contributed by atoms with van der Waals surface area (Å²) in [6.07, 6.45) is -3.33. The first-order chi connectivity index (χ1) is 6.86. The van der Waals surface area contributed by atoms with Gasteiger partial charge in [0.1, 0.15) is 11.6 Å². The Labute approximate surface area is 85.5 Å². The molecule has 0 spiro atoms. The van der Waals surface area contributed by atoms with E-state index in [4.69, 9.17) is 5.26 Å². The Morgan fingerprint density at radius 2 is 1.93 bits per heavy atom. The molecule has 1 rings (SSSR count). The molecule has 78 valence electrons. The lowest BCUT2D eigenvalue weighted by Crippen LogP contribution is -2.14. The number of hydrogen-bond acceptors (Lipinski definition) is 1. The average molecular weight is 211 g/mol. The van der Waals surface area contributed by atoms with Crippen LogP contribution in [-0.2, 0) is 0 Å². The van der Waals surface area contributed by atoms with Gasteiger partial charge in [-0.2, -0.15) is 18.4 Å². The normalized spacial score (nSPS) is 15.7. The molecule has 0 aromatic carbocycles. The lowest BCUT2D eigenvalue weighted by molar-refractivity contribution is -0.0887. The van der Waals surface area contributed by atoms with Crippen LogP contribution in [0.4, 0.5) is 13.2 Å². The van der Waals surface area contributed by atoms with Crippen LogP contribution in [0.5, 0.6) is 0 Å². The Hall–Kier alpha value is -1.68. The maximum absolute atomic E-state index is 12.4. The van der Waals surface area contributed by atoms with Crippen LogP contribution in [0.25, 0.3) is 0 Å². The number of rotatable bonds is 1. The fraction of sp³-hybridized carbons (Fsp3) is 0.364. The highest BCUT2D eigenvalue weighted by Crippen LogP contribution is 2.32. The minimum atomic E-state index is -4.54. The third-order valence-corrected chi connectivity index (χ3v) is 1.93. The molecule has 0 unspecified atom stereocenters. The molecule has 0 saturated heterocycles. The minimum Gasteiger partial charge on any atom is -0.192 e. The van der Waals surface area contributed by atoms with Gasteiger partial charge in [-0.05, 0) is 12.0 Å². The maximum Gasteiger partial charge on any atom is 0.425 e. The van der Waals surface area contributed by atoms with Gasteiger partial charge in [-0.3, -0.25) is 0 Å². The first-order valence-electron chi connectivity index (χ1n) is 4.31. The molecular formula is C11H8F3N. The topological polar surface area (TPSA) is 23.8 Å². The molecule has 1 aliphatic rings. The van der Waals surface area contributed by atoms with Gasteiger partial charge in [0.2, 0.25) is 0 Å². The van der Waals surface area contributed by atoms with Crippen molar-refractivity contribution in [1.29, 1.82) is 5.26 Å². The number of alkyl halides is 3. The zero-order valence-electron chi connectivity index (χ0n) is 8.24. The average Bonchev–Trinajstić information content (AvgIpc) is 2.15. The Kier molecular flexibility index (Phi) is 2.90. The molecule has 0 heterocycles. The third-order valence-electron chi connectivity index (χ3n) is 1.93. The van der Waals surface area contributed by atoms with Crippen molar-refractivity contribution in [2.75, 3.05) is 0 Å². The molecule has 0 fully saturated rings. The molecule has 0 aromatic heterocycles. The number of hydrogen-bond donors (Lipinski definition) is 0. The van der Waals surface area contributed by atoms with Crippen LogP contribution in [0.15, 0.2) is 34.3 Å². The molecule has 0 aliphatic heterocycles. The SMILES string of the molecule is CC(C)C1=C=C=C(C(F)(F)F)C(C#N)=C1. The molecule has 1 nitrogen and oxygen atoms in total. The van der Waals surface area contributed by atoms with Crippen molar-refractivity contribution in [3.63, 3.8) is 0 Å². The first kappa shape index (κ1) is 11.4. The van der Waals surface area contributed by atoms with Crippen LogP contribution < -0.4 is 0 Å². The van der Waals surface area contributed by atoms with Crippen LogP contribution >= 0.6 is 0 Å². The lowest BCUT2D eigenvalue weighted by atomic mass is 9.95. The summed E-state index contributed by atoms with van der Waals surface area (Å²) in [5.41, 5.74) is 3.54. The number of nitrogens with zero attached hydrogens (tertiary/aromatic N) is 1. The van der Waals surface area contributed by atoms with E-state index in [-0.39, 0.29) is 5.92 Å². The van der Waals surface area contributed by atoms with Crippen molar-refractivity contribution < 1.29 is 13.2 Å². The summed E-state index contributed by atoms with van der Waals surface area (Å²) in [6, 6.07) is 1.53. The molecule has 1 aliphatic carbocycles. The summed E-state index contributed by atoms with van der Waals surface area (Å²) in [7, 11) is 0. The van der Waals surface area contributed by atoms with Gasteiger partial charge in [0.15, 0.2) is 0 Å². The van der Waals surface area contributed by atoms with E-state index in [0.717, 1.165) is 0 Å². The summed E-state index contributed by atoms with van der Waals surface area (Å²) in [5, 5.41) is 8.60. The predicted octanol–water partition coefficient (Wildman–Crippen LogP) is 3.28. The second-order valence-electron chi connectivity index (χ2n) is 3.40. The fourth-order valence-corrected chi connectivity index (χ4v) is 1.09. The molecule has 4 heteroatoms. The molecule has 0 atom stereocenters. The van der Waals surface area contributed by atoms with Gasteiger partial charge >= 0.3 is 6.18 Å². The summed E-state index contributed by atoms with van der Waals surface area (Å²) in [6.45, 7) is 3.63. The summed E-state index contributed by atoms with van der Waals surface area (Å²) in [4.78, 5) is 0. The van der Waals surface area contributed by atoms with Gasteiger partial charge in [-0.1, -0.05) is 25.3 Å². The molecule has 0 N–H and O–H groups in total. The molecule has 0 bridgehead atoms. The van der Waals surface area contributed by atoms with E-state index >= 15 is 0 Å². The third kappa shape index (κ3) is 2.41. The van der Waals surface area contributed by atoms with Crippen LogP contribution in [-0.4, -0.2) is 6.18 Å². The van der Waals surface area contributed by atoms with E-state index in [1.807, 2.05) is 19.6 Å². The van der Waals surface area contributed by atoms with Crippen LogP contribution in [0.2, 0.25) is 0 Å². The summed E-state index contributed by atoms with van der Waals surface area (Å²) < 4.78 is 37.1. The smallest absolute Gasteiger partial charge is 0.192 e. The first-order valence-corrected chi connectivity index (χ1v) is 4.31. The van der Waals surface area contributed by atoms with E-state index in [2.05, 4.69) is 5.73 Å². The van der Waals surface area contributed by atoms with Gasteiger partial charge < -0.3 is 0 Å². The van der Waals surface area contributed by atoms with Crippen molar-refractivity contribution in [1.82, 2.24) is 0 Å². The summed E-state index contributed by atoms with van der Waals surface area (Å²) in [5.74, 6) is 0.0237. The molecule has 0 amide bonds. The van der Waals surface area contributed by atoms with Gasteiger partial charge in [0.05, 0.1) is 5.57 Å². The zero-order chi connectivity index (χ0) is 11.6. The van der Waals surface area contributed by atoms with Gasteiger partial charge in [-0.15, -0.1) is 0 Å². The highest BCUT2D eigenvalue weighted by Gasteiger charge is 2.37. The van der Waals surface area contributed by atoms with Crippen molar-refractivity contribution in [3.05, 3.63) is 34.3 Å². The van der Waals surface area contributed by atoms with Crippen molar-refractivity contribution in [3.8, 4) is 6.07 Å². The van der Waals surface area contributed by atoms with Crippen molar-refractivity contribution in [2.45, 2.75) is 20.0 Å². The Morgan fingerprint density at radius 3 is 2.33 bits per heavy atom. The summed E-state index contributed by atoms with van der Waals surface area (Å²) >= 11 is 0. The van der Waals surface area contributed by atoms with E-state index in [1.54, 1.807) is 0 Å². The van der Waals surface area contributed by atoms with E-state index in [9.17, 15) is 13.2 Å². The highest BCUT2D eigenvalue weighted by molar-refractivity contribution is 5.50. The van der Waals surface area contributed by atoms with Crippen molar-refractivity contribution in [2.24, 2.45) is 5.92 Å². The second-order valence-corrected chi connectivity index (χ2v) is 3.40. The van der Waals surface area contributed by atoms with Crippen LogP contribution in [0, 0.1) is 17.2 Å². The monoisotopic (exact) mass is 211 g/mol. The standard InChI is InChI=1S/C11H8F3N/c1-7(2)8-3-4-10(11(12,13)14)9(5-8)6-15/h5,7H,1-2H3. The molecule has 15 heavy (non-hydrogen) atoms. The number of nitriles is 1. The fourth-order valence-electron chi connectivity index (χ4n) is 1.09. The van der Waals surface area contributed by atoms with E-state index in [0.29, 0.717) is 5.57 Å². The van der Waals surface area contributed by atoms with Crippen LogP contribution in [0.1, 0.15) is 13.8 Å². The van der Waals surface area contributed by atoms with Crippen LogP contribution in [0.3, 0.4) is 0 Å². The Bertz CT molecular complexity index is 445. The number of allylic oxidation sites excluding steroid dienone is 4. The number of halogens is 3. The predicted molar refractivity (Wildman–Crippen MR) is 48.6 cm³/mol. The van der Waals surface area contributed by atoms with E-state index < -0.39 is 17.3 Å². The molecular weight excluding hydrogens is 203 g/mol. The van der Waals surface area contributed by atoms with E-state index in [1.165, 1.54) is 12.1 Å². The largest absolute Gasteiger partial charge is 0.425 e. The Balaban J connectivity index is 3.36. The van der Waals surface area contributed by atoms with Gasteiger partial charge in [0, 0.05) is 5.57 Å². The maximum atomic E-state index is 12.4. The van der Waals surface area contributed by atoms with Gasteiger partial charge in [-0.25, -0.2) is 0 Å². The molecule has 0 radical (unpaired) electrons. The van der Waals surface area contributed by atoms with Gasteiger partial charge in [0.25, 0.3) is 0 Å². The second kappa shape index (κ2) is 3.82. The highest BCUT2D eigenvalue weighted by atomic mass is 19.4. The molecule has 0 aromatic rings. The van der Waals surface area contributed by atoms with Crippen molar-refractivity contribution >= 4 is 0 Å². The quantitative estimate of drug-likeness (QED) is 0.610. The molecule has 0 saturated carbocycles. The lowest BCUT2D eigenvalue weighted by Gasteiger charge is -2.11. The zero-order valence-corrected chi connectivity index (χ0v) is 8.24.